The maximum atomic E-state index is 7.50. The Bertz CT molecular complexity index is 143. The van der Waals surface area contributed by atoms with Crippen molar-refractivity contribution in [3.05, 3.63) is 42.9 Å². The monoisotopic (exact) mass is 286 g/mol. The van der Waals surface area contributed by atoms with Gasteiger partial charge >= 0.3 is 74.0 Å². The molecule has 0 aromatic rings. The van der Waals surface area contributed by atoms with Gasteiger partial charge in [0.2, 0.25) is 0 Å². The van der Waals surface area contributed by atoms with Crippen LogP contribution in [0.5, 0.6) is 0 Å². The van der Waals surface area contributed by atoms with E-state index in [9.17, 15) is 0 Å². The largest absolute Gasteiger partial charge is 1.00 e. The molecule has 0 spiro atoms. The van der Waals surface area contributed by atoms with Gasteiger partial charge in [0.1, 0.15) is 0 Å². The summed E-state index contributed by atoms with van der Waals surface area (Å²) in [6.45, 7) is 20.0. The van der Waals surface area contributed by atoms with Gasteiger partial charge in [-0.2, -0.15) is 0 Å². The molecule has 0 aliphatic heterocycles. The summed E-state index contributed by atoms with van der Waals surface area (Å²) in [4.78, 5) is 0. The molecule has 5 radical (unpaired) electrons. The van der Waals surface area contributed by atoms with E-state index in [4.69, 9.17) is 9.30 Å². The molecule has 16 heavy (non-hydrogen) atoms. The zero-order valence-corrected chi connectivity index (χ0v) is 14.9. The van der Waals surface area contributed by atoms with Crippen LogP contribution in [0.1, 0.15) is 34.6 Å². The summed E-state index contributed by atoms with van der Waals surface area (Å²) < 4.78 is 15.0. The van der Waals surface area contributed by atoms with Gasteiger partial charge < -0.3 is 0 Å². The van der Waals surface area contributed by atoms with E-state index in [0.717, 1.165) is 0 Å². The molecule has 0 amide bonds. The molecule has 1 aliphatic rings. The van der Waals surface area contributed by atoms with E-state index >= 15 is 0 Å². The van der Waals surface area contributed by atoms with Gasteiger partial charge in [0, 0.05) is 17.1 Å². The maximum absolute atomic E-state index is 7.50. The normalized spacial score (nSPS) is 18.1. The number of hydrogen-bond donors (Lipinski definition) is 0. The fraction of sp³-hybridized carbons (Fsp3) is 0.417. The summed E-state index contributed by atoms with van der Waals surface area (Å²) in [7, 11) is 0. The Kier molecular flexibility index (Phi) is 24.1. The summed E-state index contributed by atoms with van der Waals surface area (Å²) in [5.41, 5.74) is 0. The molecular weight excluding hydrogens is 271 g/mol. The van der Waals surface area contributed by atoms with Gasteiger partial charge in [-0.15, -0.1) is 0 Å². The van der Waals surface area contributed by atoms with Crippen LogP contribution in [0.15, 0.2) is 0 Å². The molecule has 1 aliphatic carbocycles. The quantitative estimate of drug-likeness (QED) is 0.339. The van der Waals surface area contributed by atoms with Gasteiger partial charge in [-0.1, -0.05) is 34.6 Å². The van der Waals surface area contributed by atoms with Crippen molar-refractivity contribution < 1.29 is 77.8 Å². The zero-order chi connectivity index (χ0) is 11.9. The predicted molar refractivity (Wildman–Crippen MR) is 52.4 cm³/mol. The molecule has 0 aromatic carbocycles. The van der Waals surface area contributed by atoms with Gasteiger partial charge in [-0.05, 0) is 29.6 Å². The van der Waals surface area contributed by atoms with E-state index in [1.54, 1.807) is 0 Å². The van der Waals surface area contributed by atoms with E-state index < -0.39 is 0 Å². The molecule has 1 rings (SSSR count). The van der Waals surface area contributed by atoms with Crippen molar-refractivity contribution in [2.45, 2.75) is 34.6 Å². The Morgan fingerprint density at radius 1 is 0.562 bits per heavy atom. The van der Waals surface area contributed by atoms with Crippen molar-refractivity contribution in [3.8, 4) is 0 Å². The maximum Gasteiger partial charge on any atom is 1.00 e. The molecule has 2 nitrogen and oxygen atoms in total. The third kappa shape index (κ3) is 7.15. The van der Waals surface area contributed by atoms with Crippen LogP contribution in [0.3, 0.4) is 0 Å². The summed E-state index contributed by atoms with van der Waals surface area (Å²) in [5, 5.41) is 0. The van der Waals surface area contributed by atoms with E-state index in [2.05, 4.69) is 47.9 Å². The second-order valence-electron chi connectivity index (χ2n) is 3.12. The van der Waals surface area contributed by atoms with Gasteiger partial charge in [0.15, 0.2) is 0 Å². The molecule has 1 saturated carbocycles. The third-order valence-electron chi connectivity index (χ3n) is 2.81. The predicted octanol–water partition coefficient (Wildman–Crippen LogP) is -0.102. The van der Waals surface area contributed by atoms with Crippen molar-refractivity contribution in [2.75, 3.05) is 0 Å². The minimum atomic E-state index is 0. The van der Waals surface area contributed by atoms with Crippen LogP contribution in [0.4, 0.5) is 0 Å². The molecule has 83 valence electrons. The number of hydrogen-bond acceptors (Lipinski definition) is 0. The Balaban J connectivity index is -0.000000109. The summed E-state index contributed by atoms with van der Waals surface area (Å²) in [5.74, 6) is 7.34. The van der Waals surface area contributed by atoms with Gasteiger partial charge in [-0.3, -0.25) is 0 Å². The molecular formula is C12H15FeKO2+. The summed E-state index contributed by atoms with van der Waals surface area (Å²) >= 11 is 0. The average Bonchev–Trinajstić information content (AvgIpc) is 2.42. The van der Waals surface area contributed by atoms with Crippen LogP contribution in [-0.4, -0.2) is 0 Å². The van der Waals surface area contributed by atoms with Crippen LogP contribution < -0.4 is 51.4 Å². The number of rotatable bonds is 0. The van der Waals surface area contributed by atoms with Crippen LogP contribution in [-0.2, 0) is 26.4 Å². The van der Waals surface area contributed by atoms with Gasteiger partial charge in [-0.25, -0.2) is 0 Å². The van der Waals surface area contributed by atoms with Crippen LogP contribution in [0.25, 0.3) is 0 Å². The fourth-order valence-corrected chi connectivity index (χ4v) is 1.41. The SMILES string of the molecule is C[C]1[C](C)[C](C)[C](C)[C]1C.[C-]#[O+].[C-]#[O+].[Fe].[K+]. The first-order valence-electron chi connectivity index (χ1n) is 4.16. The first kappa shape index (κ1) is 26.2. The van der Waals surface area contributed by atoms with Crippen molar-refractivity contribution >= 4 is 0 Å². The minimum absolute atomic E-state index is 0. The smallest absolute Gasteiger partial charge is 0 e. The second-order valence-corrected chi connectivity index (χ2v) is 3.12. The van der Waals surface area contributed by atoms with E-state index in [1.807, 2.05) is 0 Å². The van der Waals surface area contributed by atoms with Crippen molar-refractivity contribution in [1.29, 1.82) is 0 Å². The summed E-state index contributed by atoms with van der Waals surface area (Å²) in [6, 6.07) is 0. The average molecular weight is 286 g/mol. The molecule has 1 fully saturated rings. The molecule has 0 unspecified atom stereocenters. The van der Waals surface area contributed by atoms with Crippen LogP contribution in [0.2, 0.25) is 0 Å². The van der Waals surface area contributed by atoms with Crippen molar-refractivity contribution in [3.63, 3.8) is 0 Å². The topological polar surface area (TPSA) is 39.8 Å². The van der Waals surface area contributed by atoms with E-state index in [-0.39, 0.29) is 68.5 Å². The van der Waals surface area contributed by atoms with Crippen molar-refractivity contribution in [2.24, 2.45) is 0 Å². The first-order valence-corrected chi connectivity index (χ1v) is 4.16. The molecule has 0 heterocycles. The van der Waals surface area contributed by atoms with Crippen LogP contribution >= 0.6 is 0 Å². The fourth-order valence-electron chi connectivity index (χ4n) is 1.41. The molecule has 4 heteroatoms. The van der Waals surface area contributed by atoms with Gasteiger partial charge in [0.25, 0.3) is 0 Å². The Labute approximate surface area is 153 Å². The van der Waals surface area contributed by atoms with Crippen molar-refractivity contribution in [1.82, 2.24) is 0 Å². The molecule has 0 atom stereocenters. The van der Waals surface area contributed by atoms with Crippen LogP contribution in [0, 0.1) is 42.9 Å². The molecule has 0 bridgehead atoms. The first-order chi connectivity index (χ1) is 6.55. The van der Waals surface area contributed by atoms with Gasteiger partial charge in [0.05, 0.1) is 0 Å². The van der Waals surface area contributed by atoms with E-state index in [0.29, 0.717) is 0 Å². The Hall–Kier alpha value is 1.64. The van der Waals surface area contributed by atoms with E-state index in [1.165, 1.54) is 29.6 Å². The minimum Gasteiger partial charge on any atom is 0 e. The summed E-state index contributed by atoms with van der Waals surface area (Å²) in [6.07, 6.45) is 0. The molecule has 0 saturated heterocycles. The molecule has 0 aromatic heterocycles. The standard InChI is InChI=1S/C10H15.2CO.Fe.K/c1-6-7(2)9(4)10(5)8(6)3;2*1-2;;/h1-5H3;;;;/q;;;;+1. The molecule has 0 N–H and O–H groups in total. The Morgan fingerprint density at radius 3 is 0.688 bits per heavy atom. The Morgan fingerprint density at radius 2 is 0.625 bits per heavy atom. The second kappa shape index (κ2) is 14.7. The zero-order valence-electron chi connectivity index (χ0n) is 10.7. The third-order valence-corrected chi connectivity index (χ3v) is 2.81.